The lowest BCUT2D eigenvalue weighted by atomic mass is 10.0. The summed E-state index contributed by atoms with van der Waals surface area (Å²) in [6, 6.07) is 22.6. The lowest BCUT2D eigenvalue weighted by Crippen LogP contribution is -2.52. The molecule has 188 valence electrons. The zero-order valence-corrected chi connectivity index (χ0v) is 21.9. The van der Waals surface area contributed by atoms with Gasteiger partial charge in [0.2, 0.25) is 5.95 Å². The SMILES string of the molecule is Cn1c(N2CCN(C(=O)OCc3ccccc3)C[C@@H]2c2ccc(Br)cc2)nc(-c2ccncc2)cc1=O. The van der Waals surface area contributed by atoms with Gasteiger partial charge in [0.05, 0.1) is 11.7 Å². The third-order valence-electron chi connectivity index (χ3n) is 6.44. The molecule has 1 aliphatic rings. The van der Waals surface area contributed by atoms with Crippen LogP contribution >= 0.6 is 15.9 Å². The Bertz CT molecular complexity index is 1430. The van der Waals surface area contributed by atoms with Gasteiger partial charge in [-0.2, -0.15) is 0 Å². The predicted octanol–water partition coefficient (Wildman–Crippen LogP) is 4.80. The summed E-state index contributed by atoms with van der Waals surface area (Å²) < 4.78 is 8.13. The highest BCUT2D eigenvalue weighted by atomic mass is 79.9. The van der Waals surface area contributed by atoms with E-state index in [-0.39, 0.29) is 24.3 Å². The highest BCUT2D eigenvalue weighted by Gasteiger charge is 2.33. The van der Waals surface area contributed by atoms with Crippen molar-refractivity contribution >= 4 is 28.0 Å². The lowest BCUT2D eigenvalue weighted by molar-refractivity contribution is 0.0886. The van der Waals surface area contributed by atoms with Gasteiger partial charge in [-0.1, -0.05) is 58.4 Å². The van der Waals surface area contributed by atoms with Crippen molar-refractivity contribution in [2.24, 2.45) is 7.05 Å². The summed E-state index contributed by atoms with van der Waals surface area (Å²) in [5, 5.41) is 0. The lowest BCUT2D eigenvalue weighted by Gasteiger charge is -2.42. The van der Waals surface area contributed by atoms with Crippen LogP contribution in [0.25, 0.3) is 11.3 Å². The summed E-state index contributed by atoms with van der Waals surface area (Å²) in [4.78, 5) is 38.7. The molecule has 1 saturated heterocycles. The van der Waals surface area contributed by atoms with Crippen LogP contribution in [0.1, 0.15) is 17.2 Å². The van der Waals surface area contributed by atoms with Gasteiger partial charge in [-0.05, 0) is 35.4 Å². The highest BCUT2D eigenvalue weighted by molar-refractivity contribution is 9.10. The van der Waals surface area contributed by atoms with Crippen LogP contribution in [0.2, 0.25) is 0 Å². The number of anilines is 1. The first kappa shape index (κ1) is 24.7. The number of carbonyl (C=O) groups excluding carboxylic acids is 1. The van der Waals surface area contributed by atoms with E-state index in [0.29, 0.717) is 31.3 Å². The van der Waals surface area contributed by atoms with Crippen LogP contribution < -0.4 is 10.5 Å². The first-order chi connectivity index (χ1) is 18.0. The number of carbonyl (C=O) groups is 1. The second kappa shape index (κ2) is 11.0. The van der Waals surface area contributed by atoms with E-state index in [0.717, 1.165) is 21.2 Å². The number of hydrogen-bond donors (Lipinski definition) is 0. The molecule has 1 aliphatic heterocycles. The van der Waals surface area contributed by atoms with Crippen LogP contribution in [-0.2, 0) is 18.4 Å². The number of nitrogens with zero attached hydrogens (tertiary/aromatic N) is 5. The monoisotopic (exact) mass is 559 g/mol. The second-order valence-electron chi connectivity index (χ2n) is 8.82. The van der Waals surface area contributed by atoms with Crippen LogP contribution in [0.3, 0.4) is 0 Å². The first-order valence-corrected chi connectivity index (χ1v) is 12.7. The van der Waals surface area contributed by atoms with E-state index in [1.54, 1.807) is 28.9 Å². The van der Waals surface area contributed by atoms with Crippen LogP contribution in [0.5, 0.6) is 0 Å². The molecule has 0 radical (unpaired) electrons. The molecule has 1 amide bonds. The van der Waals surface area contributed by atoms with E-state index in [1.807, 2.05) is 66.7 Å². The average molecular weight is 560 g/mol. The second-order valence-corrected chi connectivity index (χ2v) is 9.74. The fraction of sp³-hybridized carbons (Fsp3) is 0.214. The maximum absolute atomic E-state index is 13.0. The third kappa shape index (κ3) is 5.56. The van der Waals surface area contributed by atoms with Crippen molar-refractivity contribution in [2.45, 2.75) is 12.6 Å². The maximum Gasteiger partial charge on any atom is 0.410 e. The molecule has 0 N–H and O–H groups in total. The summed E-state index contributed by atoms with van der Waals surface area (Å²) in [7, 11) is 1.72. The number of rotatable bonds is 5. The number of aromatic nitrogens is 3. The minimum atomic E-state index is -0.363. The summed E-state index contributed by atoms with van der Waals surface area (Å²) in [5.41, 5.74) is 3.19. The molecule has 0 aliphatic carbocycles. The Balaban J connectivity index is 1.45. The Morgan fingerprint density at radius 1 is 1.03 bits per heavy atom. The smallest absolute Gasteiger partial charge is 0.410 e. The molecule has 0 spiro atoms. The van der Waals surface area contributed by atoms with E-state index in [4.69, 9.17) is 9.72 Å². The van der Waals surface area contributed by atoms with Crippen LogP contribution in [0.15, 0.2) is 94.5 Å². The number of ether oxygens (including phenoxy) is 1. The van der Waals surface area contributed by atoms with Gasteiger partial charge in [0.1, 0.15) is 6.61 Å². The molecule has 2 aromatic carbocycles. The zero-order valence-electron chi connectivity index (χ0n) is 20.3. The van der Waals surface area contributed by atoms with Gasteiger partial charge in [-0.15, -0.1) is 0 Å². The maximum atomic E-state index is 13.0. The van der Waals surface area contributed by atoms with Crippen LogP contribution in [0.4, 0.5) is 10.7 Å². The zero-order chi connectivity index (χ0) is 25.8. The van der Waals surface area contributed by atoms with Crippen LogP contribution in [-0.4, -0.2) is 45.2 Å². The molecule has 4 aromatic rings. The van der Waals surface area contributed by atoms with E-state index in [2.05, 4.69) is 25.8 Å². The highest BCUT2D eigenvalue weighted by Crippen LogP contribution is 2.31. The molecule has 0 unspecified atom stereocenters. The molecular formula is C28H26BrN5O3. The van der Waals surface area contributed by atoms with Gasteiger partial charge in [0.25, 0.3) is 5.56 Å². The largest absolute Gasteiger partial charge is 0.445 e. The number of halogens is 1. The van der Waals surface area contributed by atoms with E-state index >= 15 is 0 Å². The Hall–Kier alpha value is -3.98. The van der Waals surface area contributed by atoms with Gasteiger partial charge >= 0.3 is 6.09 Å². The van der Waals surface area contributed by atoms with Crippen molar-refractivity contribution in [3.8, 4) is 11.3 Å². The molecular weight excluding hydrogens is 534 g/mol. The Morgan fingerprint density at radius 3 is 2.49 bits per heavy atom. The Morgan fingerprint density at radius 2 is 1.76 bits per heavy atom. The average Bonchev–Trinajstić information content (AvgIpc) is 2.94. The summed E-state index contributed by atoms with van der Waals surface area (Å²) in [5.74, 6) is 0.546. The van der Waals surface area contributed by atoms with E-state index in [1.165, 1.54) is 6.07 Å². The first-order valence-electron chi connectivity index (χ1n) is 12.0. The number of hydrogen-bond acceptors (Lipinski definition) is 6. The fourth-order valence-electron chi connectivity index (χ4n) is 4.42. The third-order valence-corrected chi connectivity index (χ3v) is 6.97. The molecule has 0 saturated carbocycles. The Kier molecular flexibility index (Phi) is 7.32. The van der Waals surface area contributed by atoms with Crippen molar-refractivity contribution in [1.29, 1.82) is 0 Å². The Labute approximate surface area is 223 Å². The molecule has 1 fully saturated rings. The van der Waals surface area contributed by atoms with Crippen molar-refractivity contribution in [3.05, 3.63) is 111 Å². The summed E-state index contributed by atoms with van der Waals surface area (Å²) in [6.07, 6.45) is 3.00. The number of benzene rings is 2. The van der Waals surface area contributed by atoms with Crippen molar-refractivity contribution < 1.29 is 9.53 Å². The molecule has 2 aromatic heterocycles. The van der Waals surface area contributed by atoms with Crippen LogP contribution in [0, 0.1) is 0 Å². The van der Waals surface area contributed by atoms with Gasteiger partial charge in [0.15, 0.2) is 0 Å². The molecule has 3 heterocycles. The minimum Gasteiger partial charge on any atom is -0.445 e. The van der Waals surface area contributed by atoms with Gasteiger partial charge < -0.3 is 14.5 Å². The van der Waals surface area contributed by atoms with E-state index < -0.39 is 0 Å². The number of amides is 1. The van der Waals surface area contributed by atoms with Gasteiger partial charge in [-0.3, -0.25) is 14.3 Å². The minimum absolute atomic E-state index is 0.156. The van der Waals surface area contributed by atoms with E-state index in [9.17, 15) is 9.59 Å². The number of pyridine rings is 1. The van der Waals surface area contributed by atoms with Gasteiger partial charge in [-0.25, -0.2) is 9.78 Å². The summed E-state index contributed by atoms with van der Waals surface area (Å²) >= 11 is 3.50. The van der Waals surface area contributed by atoms with Crippen molar-refractivity contribution in [3.63, 3.8) is 0 Å². The summed E-state index contributed by atoms with van der Waals surface area (Å²) in [6.45, 7) is 1.54. The van der Waals surface area contributed by atoms with Crippen molar-refractivity contribution in [1.82, 2.24) is 19.4 Å². The fourth-order valence-corrected chi connectivity index (χ4v) is 4.69. The standard InChI is InChI=1S/C28H26BrN5O3/c1-32-26(35)17-24(21-11-13-30-14-12-21)31-27(32)34-16-15-33(18-25(34)22-7-9-23(29)10-8-22)28(36)37-19-20-5-3-2-4-6-20/h2-14,17,25H,15-16,18-19H2,1H3/t25-/m1/s1. The normalized spacial score (nSPS) is 15.5. The molecule has 1 atom stereocenters. The predicted molar refractivity (Wildman–Crippen MR) is 145 cm³/mol. The quantitative estimate of drug-likeness (QED) is 0.349. The molecule has 5 rings (SSSR count). The number of piperazine rings is 1. The van der Waals surface area contributed by atoms with Gasteiger partial charge in [0, 0.05) is 55.2 Å². The molecule has 8 nitrogen and oxygen atoms in total. The van der Waals surface area contributed by atoms with Crippen molar-refractivity contribution in [2.75, 3.05) is 24.5 Å². The molecule has 0 bridgehead atoms. The molecule has 37 heavy (non-hydrogen) atoms. The topological polar surface area (TPSA) is 80.6 Å². The molecule has 9 heteroatoms.